The van der Waals surface area contributed by atoms with E-state index in [9.17, 15) is 4.79 Å². The fourth-order valence-corrected chi connectivity index (χ4v) is 2.73. The number of amides is 1. The molecule has 1 aliphatic carbocycles. The summed E-state index contributed by atoms with van der Waals surface area (Å²) in [4.78, 5) is 11.4. The Morgan fingerprint density at radius 3 is 1.89 bits per heavy atom. The van der Waals surface area contributed by atoms with Crippen molar-refractivity contribution in [2.24, 2.45) is 0 Å². The van der Waals surface area contributed by atoms with Crippen LogP contribution in [0.4, 0.5) is 0 Å². The summed E-state index contributed by atoms with van der Waals surface area (Å²) in [5.41, 5.74) is 0. The van der Waals surface area contributed by atoms with E-state index in [1.165, 1.54) is 57.8 Å². The zero-order valence-electron chi connectivity index (χ0n) is 12.6. The van der Waals surface area contributed by atoms with Crippen molar-refractivity contribution in [3.63, 3.8) is 0 Å². The highest BCUT2D eigenvalue weighted by Crippen LogP contribution is 2.18. The van der Waals surface area contributed by atoms with Crippen molar-refractivity contribution < 1.29 is 9.53 Å². The molecule has 19 heavy (non-hydrogen) atoms. The van der Waals surface area contributed by atoms with Gasteiger partial charge in [-0.1, -0.05) is 57.8 Å². The fraction of sp³-hybridized carbons (Fsp3) is 0.938. The zero-order valence-corrected chi connectivity index (χ0v) is 12.6. The maximum Gasteiger partial charge on any atom is 0.246 e. The van der Waals surface area contributed by atoms with Gasteiger partial charge in [0.2, 0.25) is 5.91 Å². The SMILES string of the molecule is CCNC(=O)COC1CCCCCCCCCCC1. The molecule has 0 aliphatic heterocycles. The van der Waals surface area contributed by atoms with E-state index >= 15 is 0 Å². The summed E-state index contributed by atoms with van der Waals surface area (Å²) in [5, 5.41) is 2.79. The number of carbonyl (C=O) groups excluding carboxylic acids is 1. The maximum atomic E-state index is 11.4. The smallest absolute Gasteiger partial charge is 0.246 e. The molecule has 0 aromatic rings. The molecule has 1 fully saturated rings. The van der Waals surface area contributed by atoms with Gasteiger partial charge in [0.05, 0.1) is 6.10 Å². The first-order chi connectivity index (χ1) is 9.33. The Labute approximate surface area is 118 Å². The number of hydrogen-bond acceptors (Lipinski definition) is 2. The summed E-state index contributed by atoms with van der Waals surface area (Å²) >= 11 is 0. The molecule has 0 unspecified atom stereocenters. The minimum absolute atomic E-state index is 0.0219. The average molecular weight is 269 g/mol. The fourth-order valence-electron chi connectivity index (χ4n) is 2.73. The van der Waals surface area contributed by atoms with E-state index in [4.69, 9.17) is 4.74 Å². The lowest BCUT2D eigenvalue weighted by Crippen LogP contribution is -2.29. The van der Waals surface area contributed by atoms with Gasteiger partial charge in [-0.3, -0.25) is 4.79 Å². The topological polar surface area (TPSA) is 38.3 Å². The van der Waals surface area contributed by atoms with Crippen LogP contribution in [0.1, 0.15) is 77.6 Å². The minimum atomic E-state index is 0.0219. The van der Waals surface area contributed by atoms with Crippen LogP contribution in [0.5, 0.6) is 0 Å². The first-order valence-electron chi connectivity index (χ1n) is 8.21. The molecule has 0 aromatic carbocycles. The van der Waals surface area contributed by atoms with Crippen LogP contribution >= 0.6 is 0 Å². The van der Waals surface area contributed by atoms with Gasteiger partial charge < -0.3 is 10.1 Å². The van der Waals surface area contributed by atoms with Crippen molar-refractivity contribution in [3.05, 3.63) is 0 Å². The second kappa shape index (κ2) is 11.3. The molecule has 3 heteroatoms. The average Bonchev–Trinajstić information content (AvgIpc) is 2.38. The number of nitrogens with one attached hydrogen (secondary N) is 1. The minimum Gasteiger partial charge on any atom is -0.368 e. The van der Waals surface area contributed by atoms with Crippen LogP contribution in [0.25, 0.3) is 0 Å². The van der Waals surface area contributed by atoms with Gasteiger partial charge in [0.25, 0.3) is 0 Å². The summed E-state index contributed by atoms with van der Waals surface area (Å²) < 4.78 is 5.79. The zero-order chi connectivity index (χ0) is 13.8. The van der Waals surface area contributed by atoms with Crippen LogP contribution in [-0.2, 0) is 9.53 Å². The quantitative estimate of drug-likeness (QED) is 0.842. The molecule has 0 bridgehead atoms. The third-order valence-electron chi connectivity index (χ3n) is 3.88. The Balaban J connectivity index is 2.24. The molecular weight excluding hydrogens is 238 g/mol. The monoisotopic (exact) mass is 269 g/mol. The van der Waals surface area contributed by atoms with Crippen molar-refractivity contribution in [2.45, 2.75) is 83.7 Å². The van der Waals surface area contributed by atoms with Gasteiger partial charge in [-0.25, -0.2) is 0 Å². The van der Waals surface area contributed by atoms with Gasteiger partial charge >= 0.3 is 0 Å². The molecule has 1 amide bonds. The number of carbonyl (C=O) groups is 1. The van der Waals surface area contributed by atoms with E-state index < -0.39 is 0 Å². The summed E-state index contributed by atoms with van der Waals surface area (Å²) in [7, 11) is 0. The van der Waals surface area contributed by atoms with Crippen molar-refractivity contribution >= 4 is 5.91 Å². The molecule has 3 nitrogen and oxygen atoms in total. The van der Waals surface area contributed by atoms with E-state index in [-0.39, 0.29) is 12.5 Å². The van der Waals surface area contributed by atoms with Crippen molar-refractivity contribution in [1.29, 1.82) is 0 Å². The summed E-state index contributed by atoms with van der Waals surface area (Å²) in [6.07, 6.45) is 14.6. The lowest BCUT2D eigenvalue weighted by Gasteiger charge is -2.18. The summed E-state index contributed by atoms with van der Waals surface area (Å²) in [5.74, 6) is 0.0219. The molecule has 112 valence electrons. The Morgan fingerprint density at radius 2 is 1.42 bits per heavy atom. The molecule has 1 saturated carbocycles. The molecule has 1 rings (SSSR count). The number of hydrogen-bond donors (Lipinski definition) is 1. The molecule has 0 spiro atoms. The molecule has 0 atom stereocenters. The largest absolute Gasteiger partial charge is 0.368 e. The summed E-state index contributed by atoms with van der Waals surface area (Å²) in [6, 6.07) is 0. The van der Waals surface area contributed by atoms with Crippen LogP contribution in [-0.4, -0.2) is 25.2 Å². The first-order valence-corrected chi connectivity index (χ1v) is 8.21. The van der Waals surface area contributed by atoms with Gasteiger partial charge in [0, 0.05) is 6.54 Å². The Hall–Kier alpha value is -0.570. The molecule has 0 saturated heterocycles. The van der Waals surface area contributed by atoms with Crippen LogP contribution in [0, 0.1) is 0 Å². The van der Waals surface area contributed by atoms with E-state index in [0.717, 1.165) is 12.8 Å². The Kier molecular flexibility index (Phi) is 9.78. The second-order valence-corrected chi connectivity index (χ2v) is 5.65. The summed E-state index contributed by atoms with van der Waals surface area (Å²) in [6.45, 7) is 2.86. The van der Waals surface area contributed by atoms with Crippen molar-refractivity contribution in [1.82, 2.24) is 5.32 Å². The third-order valence-corrected chi connectivity index (χ3v) is 3.88. The van der Waals surface area contributed by atoms with E-state index in [0.29, 0.717) is 12.6 Å². The molecule has 1 aliphatic rings. The van der Waals surface area contributed by atoms with Crippen molar-refractivity contribution in [2.75, 3.05) is 13.2 Å². The maximum absolute atomic E-state index is 11.4. The Bertz CT molecular complexity index is 219. The van der Waals surface area contributed by atoms with Gasteiger partial charge in [-0.2, -0.15) is 0 Å². The molecule has 1 N–H and O–H groups in total. The predicted octanol–water partition coefficient (Wildman–Crippen LogP) is 3.81. The number of likely N-dealkylation sites (N-methyl/N-ethyl adjacent to an activating group) is 1. The van der Waals surface area contributed by atoms with E-state index in [1.54, 1.807) is 0 Å². The Morgan fingerprint density at radius 1 is 0.947 bits per heavy atom. The predicted molar refractivity (Wildman–Crippen MR) is 79.2 cm³/mol. The number of rotatable bonds is 4. The van der Waals surface area contributed by atoms with E-state index in [2.05, 4.69) is 5.32 Å². The lowest BCUT2D eigenvalue weighted by molar-refractivity contribution is -0.127. The highest BCUT2D eigenvalue weighted by atomic mass is 16.5. The van der Waals surface area contributed by atoms with Gasteiger partial charge in [-0.15, -0.1) is 0 Å². The molecule has 0 aromatic heterocycles. The lowest BCUT2D eigenvalue weighted by atomic mass is 9.99. The molecule has 0 radical (unpaired) electrons. The normalized spacial score (nSPS) is 20.3. The third kappa shape index (κ3) is 9.04. The van der Waals surface area contributed by atoms with Crippen LogP contribution in [0.15, 0.2) is 0 Å². The second-order valence-electron chi connectivity index (χ2n) is 5.65. The highest BCUT2D eigenvalue weighted by Gasteiger charge is 2.11. The molecular formula is C16H31NO2. The van der Waals surface area contributed by atoms with Gasteiger partial charge in [0.15, 0.2) is 0 Å². The number of ether oxygens (including phenoxy) is 1. The molecule has 0 heterocycles. The first kappa shape index (κ1) is 16.5. The van der Waals surface area contributed by atoms with Crippen LogP contribution in [0.3, 0.4) is 0 Å². The van der Waals surface area contributed by atoms with Gasteiger partial charge in [0.1, 0.15) is 6.61 Å². The van der Waals surface area contributed by atoms with E-state index in [1.807, 2.05) is 6.92 Å². The van der Waals surface area contributed by atoms with Crippen LogP contribution in [0.2, 0.25) is 0 Å². The van der Waals surface area contributed by atoms with Crippen molar-refractivity contribution in [3.8, 4) is 0 Å². The van der Waals surface area contributed by atoms with Crippen LogP contribution < -0.4 is 5.32 Å². The van der Waals surface area contributed by atoms with Gasteiger partial charge in [-0.05, 0) is 19.8 Å². The standard InChI is InChI=1S/C16H31NO2/c1-2-17-16(18)14-19-15-12-10-8-6-4-3-5-7-9-11-13-15/h15H,2-14H2,1H3,(H,17,18). The highest BCUT2D eigenvalue weighted by molar-refractivity contribution is 5.77.